The van der Waals surface area contributed by atoms with Crippen LogP contribution in [0.5, 0.6) is 11.5 Å². The molecule has 0 aliphatic rings. The largest absolute Gasteiger partial charge is 1.00 e. The Morgan fingerprint density at radius 1 is 0.667 bits per heavy atom. The van der Waals surface area contributed by atoms with Crippen LogP contribution in [-0.2, 0) is 26.7 Å². The monoisotopic (exact) mass is 748 g/mol. The zero-order chi connectivity index (χ0) is 33.4. The predicted octanol–water partition coefficient (Wildman–Crippen LogP) is 5.22. The van der Waals surface area contributed by atoms with Gasteiger partial charge in [-0.15, -0.1) is 0 Å². The van der Waals surface area contributed by atoms with Crippen LogP contribution in [0.2, 0.25) is 10.0 Å². The SMILES string of the molecule is COC(=O)C(Oc1cccc(C(F)(F)F)c1)c1ccc(Cl)cc1.O.O=C(O)C(Oc1cccc(C(F)(F)F)c1)c1ccc(Cl)cc1.[K+].[OH-]. The molecule has 4 rings (SSSR count). The van der Waals surface area contributed by atoms with Crippen molar-refractivity contribution in [3.63, 3.8) is 0 Å². The van der Waals surface area contributed by atoms with Gasteiger partial charge in [-0.25, -0.2) is 9.59 Å². The average molecular weight is 750 g/mol. The predicted molar refractivity (Wildman–Crippen MR) is 158 cm³/mol. The van der Waals surface area contributed by atoms with Gasteiger partial charge >= 0.3 is 75.7 Å². The second-order valence-electron chi connectivity index (χ2n) is 9.01. The number of methoxy groups -OCH3 is 1. The van der Waals surface area contributed by atoms with Crippen LogP contribution in [0, 0.1) is 0 Å². The molecule has 0 bridgehead atoms. The molecule has 0 aliphatic heterocycles. The van der Waals surface area contributed by atoms with E-state index in [4.69, 9.17) is 32.7 Å². The average Bonchev–Trinajstić information content (AvgIpc) is 2.99. The molecule has 0 amide bonds. The van der Waals surface area contributed by atoms with E-state index in [0.29, 0.717) is 15.6 Å². The fourth-order valence-electron chi connectivity index (χ4n) is 3.66. The first-order valence-electron chi connectivity index (χ1n) is 12.6. The van der Waals surface area contributed by atoms with E-state index in [1.807, 2.05) is 0 Å². The Kier molecular flexibility index (Phi) is 18.8. The van der Waals surface area contributed by atoms with Crippen LogP contribution < -0.4 is 60.9 Å². The van der Waals surface area contributed by atoms with Gasteiger partial charge < -0.3 is 30.3 Å². The van der Waals surface area contributed by atoms with E-state index in [1.165, 1.54) is 61.7 Å². The van der Waals surface area contributed by atoms with Crippen molar-refractivity contribution in [2.24, 2.45) is 0 Å². The van der Waals surface area contributed by atoms with Crippen LogP contribution in [0.1, 0.15) is 34.5 Å². The van der Waals surface area contributed by atoms with Crippen LogP contribution in [0.3, 0.4) is 0 Å². The first-order valence-corrected chi connectivity index (χ1v) is 13.3. The number of carboxylic acid groups (broad SMARTS) is 1. The number of hydrogen-bond donors (Lipinski definition) is 1. The standard InChI is InChI=1S/C16H12ClF3O3.C15H10ClF3O3.K.2H2O/c1-22-15(21)14(10-5-7-12(17)8-6-10)23-13-4-2-3-11(9-13)16(18,19)20;16-11-6-4-9(5-7-11)13(14(20)21)22-12-3-1-2-10(8-12)15(17,18)19;;;/h2-9,14H,1H3;1-8,13H,(H,20,21);;2*1H2/q;;+1;;/p-1. The Morgan fingerprint density at radius 2 is 1.02 bits per heavy atom. The van der Waals surface area contributed by atoms with Gasteiger partial charge in [0.15, 0.2) is 0 Å². The number of alkyl halides is 6. The zero-order valence-electron chi connectivity index (χ0n) is 24.9. The Morgan fingerprint density at radius 3 is 1.35 bits per heavy atom. The number of carbonyl (C=O) groups excluding carboxylic acids is 1. The second-order valence-corrected chi connectivity index (χ2v) is 9.88. The molecule has 8 nitrogen and oxygen atoms in total. The quantitative estimate of drug-likeness (QED) is 0.148. The summed E-state index contributed by atoms with van der Waals surface area (Å²) in [4.78, 5) is 23.2. The molecule has 2 unspecified atom stereocenters. The van der Waals surface area contributed by atoms with Gasteiger partial charge in [-0.05, 0) is 60.7 Å². The Labute approximate surface area is 322 Å². The molecule has 0 heterocycles. The molecule has 2 atom stereocenters. The minimum atomic E-state index is -4.53. The van der Waals surface area contributed by atoms with Gasteiger partial charge in [0.25, 0.3) is 0 Å². The van der Waals surface area contributed by atoms with E-state index in [9.17, 15) is 41.0 Å². The van der Waals surface area contributed by atoms with Crippen molar-refractivity contribution in [2.45, 2.75) is 24.6 Å². The van der Waals surface area contributed by atoms with Crippen molar-refractivity contribution in [2.75, 3.05) is 7.11 Å². The Bertz CT molecular complexity index is 1600. The van der Waals surface area contributed by atoms with Crippen molar-refractivity contribution >= 4 is 35.1 Å². The van der Waals surface area contributed by atoms with Gasteiger partial charge in [-0.2, -0.15) is 26.3 Å². The number of rotatable bonds is 8. The summed E-state index contributed by atoms with van der Waals surface area (Å²) in [5.74, 6) is -2.33. The summed E-state index contributed by atoms with van der Waals surface area (Å²) >= 11 is 11.5. The van der Waals surface area contributed by atoms with E-state index in [2.05, 4.69) is 4.74 Å². The molecule has 4 aromatic rings. The smallest absolute Gasteiger partial charge is 0.870 e. The molecule has 0 aliphatic carbocycles. The number of aliphatic carboxylic acids is 1. The molecule has 0 aromatic heterocycles. The van der Waals surface area contributed by atoms with Gasteiger partial charge in [0.2, 0.25) is 12.2 Å². The molecule has 0 saturated carbocycles. The molecule has 48 heavy (non-hydrogen) atoms. The third-order valence-electron chi connectivity index (χ3n) is 5.82. The molecule has 0 fully saturated rings. The first kappa shape index (κ1) is 45.1. The van der Waals surface area contributed by atoms with Gasteiger partial charge in [-0.3, -0.25) is 0 Å². The summed E-state index contributed by atoms with van der Waals surface area (Å²) in [7, 11) is 1.17. The van der Waals surface area contributed by atoms with Crippen LogP contribution in [0.15, 0.2) is 97.1 Å². The summed E-state index contributed by atoms with van der Waals surface area (Å²) < 4.78 is 91.4. The summed E-state index contributed by atoms with van der Waals surface area (Å²) in [6.45, 7) is 0. The number of ether oxygens (including phenoxy) is 3. The minimum absolute atomic E-state index is 0. The van der Waals surface area contributed by atoms with Crippen molar-refractivity contribution in [1.82, 2.24) is 0 Å². The molecule has 0 saturated heterocycles. The molecule has 0 spiro atoms. The normalized spacial score (nSPS) is 11.9. The van der Waals surface area contributed by atoms with Crippen molar-refractivity contribution in [3.8, 4) is 11.5 Å². The second kappa shape index (κ2) is 20.0. The molecular formula is C31H25Cl2F6KO8. The zero-order valence-corrected chi connectivity index (χ0v) is 29.5. The van der Waals surface area contributed by atoms with E-state index in [1.54, 1.807) is 12.1 Å². The van der Waals surface area contributed by atoms with Crippen LogP contribution in [0.25, 0.3) is 0 Å². The third-order valence-corrected chi connectivity index (χ3v) is 6.32. The number of hydrogen-bond acceptors (Lipinski definition) is 6. The maximum Gasteiger partial charge on any atom is 1.00 e. The number of carboxylic acids is 1. The van der Waals surface area contributed by atoms with E-state index in [0.717, 1.165) is 30.3 Å². The summed E-state index contributed by atoms with van der Waals surface area (Å²) in [5, 5.41) is 10.1. The fraction of sp³-hybridized carbons (Fsp3) is 0.161. The molecule has 254 valence electrons. The van der Waals surface area contributed by atoms with Gasteiger partial charge in [0, 0.05) is 21.2 Å². The molecule has 4 N–H and O–H groups in total. The number of carbonyl (C=O) groups is 2. The van der Waals surface area contributed by atoms with Gasteiger partial charge in [-0.1, -0.05) is 59.6 Å². The van der Waals surface area contributed by atoms with Crippen LogP contribution in [0.4, 0.5) is 26.3 Å². The van der Waals surface area contributed by atoms with Gasteiger partial charge in [0.1, 0.15) is 11.5 Å². The molecule has 17 heteroatoms. The van der Waals surface area contributed by atoms with Crippen molar-refractivity contribution in [3.05, 3.63) is 129 Å². The van der Waals surface area contributed by atoms with Gasteiger partial charge in [0.05, 0.1) is 18.2 Å². The van der Waals surface area contributed by atoms with Crippen LogP contribution >= 0.6 is 23.2 Å². The molecule has 0 radical (unpaired) electrons. The van der Waals surface area contributed by atoms with Crippen molar-refractivity contribution in [1.29, 1.82) is 0 Å². The summed E-state index contributed by atoms with van der Waals surface area (Å²) in [5.41, 5.74) is -1.09. The number of esters is 1. The third kappa shape index (κ3) is 13.6. The Balaban J connectivity index is 0.000000867. The summed E-state index contributed by atoms with van der Waals surface area (Å²) in [6.07, 6.45) is -11.7. The van der Waals surface area contributed by atoms with E-state index in [-0.39, 0.29) is 79.4 Å². The minimum Gasteiger partial charge on any atom is -0.870 e. The molecule has 4 aromatic carbocycles. The topological polar surface area (TPSA) is 144 Å². The number of benzene rings is 4. The fourth-order valence-corrected chi connectivity index (χ4v) is 3.91. The van der Waals surface area contributed by atoms with E-state index >= 15 is 0 Å². The Hall–Kier alpha value is -2.86. The maximum atomic E-state index is 12.7. The first-order chi connectivity index (χ1) is 21.1. The summed E-state index contributed by atoms with van der Waals surface area (Å²) in [6, 6.07) is 20.3. The van der Waals surface area contributed by atoms with E-state index < -0.39 is 47.6 Å². The van der Waals surface area contributed by atoms with Crippen molar-refractivity contribution < 1.29 is 118 Å². The molecular weight excluding hydrogens is 724 g/mol. The van der Waals surface area contributed by atoms with Crippen LogP contribution in [-0.4, -0.2) is 35.1 Å². The number of halogens is 8. The maximum absolute atomic E-state index is 12.7.